The van der Waals surface area contributed by atoms with Gasteiger partial charge in [0.25, 0.3) is 5.88 Å². The molecule has 0 spiro atoms. The van der Waals surface area contributed by atoms with Crippen molar-refractivity contribution in [3.8, 4) is 5.88 Å². The van der Waals surface area contributed by atoms with Crippen molar-refractivity contribution in [2.45, 2.75) is 25.9 Å². The molecule has 3 aromatic rings. The number of benzene rings is 1. The molecule has 1 aromatic carbocycles. The number of morpholine rings is 1. The first-order chi connectivity index (χ1) is 15.4. The van der Waals surface area contributed by atoms with E-state index >= 15 is 0 Å². The zero-order valence-corrected chi connectivity index (χ0v) is 18.3. The highest BCUT2D eigenvalue weighted by atomic mass is 35.5. The molecule has 166 valence electrons. The van der Waals surface area contributed by atoms with Crippen LogP contribution in [0.25, 0.3) is 11.0 Å². The smallest absolute Gasteiger partial charge is 0.258 e. The van der Waals surface area contributed by atoms with E-state index in [1.807, 2.05) is 6.92 Å². The van der Waals surface area contributed by atoms with Gasteiger partial charge in [0, 0.05) is 25.1 Å². The maximum Gasteiger partial charge on any atom is 0.258 e. The molecule has 0 aliphatic carbocycles. The number of carbonyl (C=O) groups is 1. The number of carbonyl (C=O) groups excluding carboxylic acids is 1. The fourth-order valence-corrected chi connectivity index (χ4v) is 4.27. The molecule has 10 heteroatoms. The van der Waals surface area contributed by atoms with Crippen LogP contribution in [-0.4, -0.2) is 53.1 Å². The molecule has 0 bridgehead atoms. The largest absolute Gasteiger partial charge is 0.473 e. The summed E-state index contributed by atoms with van der Waals surface area (Å²) < 4.78 is 25.9. The van der Waals surface area contributed by atoms with Gasteiger partial charge >= 0.3 is 0 Å². The third-order valence-electron chi connectivity index (χ3n) is 5.66. The van der Waals surface area contributed by atoms with Crippen molar-refractivity contribution in [1.82, 2.24) is 15.0 Å². The van der Waals surface area contributed by atoms with Crippen molar-refractivity contribution >= 4 is 39.9 Å². The van der Waals surface area contributed by atoms with Crippen molar-refractivity contribution in [1.29, 1.82) is 0 Å². The molecule has 1 fully saturated rings. The summed E-state index contributed by atoms with van der Waals surface area (Å²) in [7, 11) is 0. The number of fused-ring (bicyclic) bond motifs is 4. The summed E-state index contributed by atoms with van der Waals surface area (Å²) in [4.78, 5) is 27.7. The van der Waals surface area contributed by atoms with Gasteiger partial charge in [-0.1, -0.05) is 11.6 Å². The lowest BCUT2D eigenvalue weighted by atomic mass is 10.0. The Hall–Kier alpha value is -3.04. The Kier molecular flexibility index (Phi) is 5.30. The van der Waals surface area contributed by atoms with Crippen molar-refractivity contribution < 1.29 is 18.7 Å². The molecule has 1 N–H and O–H groups in total. The number of ketones is 1. The third-order valence-corrected chi connectivity index (χ3v) is 5.87. The van der Waals surface area contributed by atoms with Crippen molar-refractivity contribution in [3.63, 3.8) is 0 Å². The van der Waals surface area contributed by atoms with Crippen LogP contribution in [0.2, 0.25) is 5.15 Å². The van der Waals surface area contributed by atoms with Gasteiger partial charge in [-0.2, -0.15) is 0 Å². The van der Waals surface area contributed by atoms with E-state index in [1.165, 1.54) is 19.1 Å². The second-order valence-corrected chi connectivity index (χ2v) is 8.29. The second-order valence-electron chi connectivity index (χ2n) is 7.90. The van der Waals surface area contributed by atoms with Crippen molar-refractivity contribution in [2.24, 2.45) is 0 Å². The minimum atomic E-state index is -0.434. The SMILES string of the molecule is CC(=O)c1nc(Cl)ccc1N[C@H](C)c1cc(F)cc2nc3c(nc12)N1CCOC[C@H]1CO3. The molecule has 1 saturated heterocycles. The molecule has 5 rings (SSSR count). The lowest BCUT2D eigenvalue weighted by molar-refractivity contribution is 0.0686. The number of rotatable bonds is 4. The molecule has 2 aromatic heterocycles. The molecule has 4 heterocycles. The Morgan fingerprint density at radius 3 is 2.94 bits per heavy atom. The quantitative estimate of drug-likeness (QED) is 0.467. The number of Topliss-reactive ketones (excluding diaryl/α,β-unsaturated/α-hetero) is 1. The zero-order valence-electron chi connectivity index (χ0n) is 17.6. The van der Waals surface area contributed by atoms with Crippen LogP contribution in [0.5, 0.6) is 5.88 Å². The Morgan fingerprint density at radius 1 is 1.28 bits per heavy atom. The first-order valence-electron chi connectivity index (χ1n) is 10.3. The van der Waals surface area contributed by atoms with Crippen molar-refractivity contribution in [3.05, 3.63) is 46.5 Å². The number of ether oxygens (including phenoxy) is 2. The molecule has 2 aliphatic heterocycles. The van der Waals surface area contributed by atoms with Crippen LogP contribution in [0, 0.1) is 5.82 Å². The summed E-state index contributed by atoms with van der Waals surface area (Å²) in [5.74, 6) is 0.371. The first kappa shape index (κ1) is 20.8. The Balaban J connectivity index is 1.57. The van der Waals surface area contributed by atoms with E-state index in [1.54, 1.807) is 12.1 Å². The highest BCUT2D eigenvalue weighted by Gasteiger charge is 2.33. The predicted molar refractivity (Wildman–Crippen MR) is 118 cm³/mol. The van der Waals surface area contributed by atoms with Gasteiger partial charge in [-0.05, 0) is 25.1 Å². The number of hydrogen-bond acceptors (Lipinski definition) is 8. The van der Waals surface area contributed by atoms with E-state index in [2.05, 4.69) is 20.2 Å². The van der Waals surface area contributed by atoms with E-state index in [4.69, 9.17) is 26.1 Å². The molecule has 8 nitrogen and oxygen atoms in total. The zero-order chi connectivity index (χ0) is 22.4. The van der Waals surface area contributed by atoms with Crippen LogP contribution < -0.4 is 15.0 Å². The van der Waals surface area contributed by atoms with E-state index in [0.717, 1.165) is 0 Å². The molecular formula is C22H21ClFN5O3. The van der Waals surface area contributed by atoms with Crippen LogP contribution in [0.4, 0.5) is 15.9 Å². The summed E-state index contributed by atoms with van der Waals surface area (Å²) in [6.07, 6.45) is 0. The van der Waals surface area contributed by atoms with Crippen molar-refractivity contribution in [2.75, 3.05) is 36.6 Å². The molecule has 0 saturated carbocycles. The van der Waals surface area contributed by atoms with Gasteiger partial charge in [-0.3, -0.25) is 4.79 Å². The van der Waals surface area contributed by atoms with Gasteiger partial charge in [-0.15, -0.1) is 0 Å². The molecule has 2 aliphatic rings. The summed E-state index contributed by atoms with van der Waals surface area (Å²) in [5.41, 5.74) is 2.30. The number of pyridine rings is 1. The molecule has 2 atom stereocenters. The summed E-state index contributed by atoms with van der Waals surface area (Å²) in [5, 5.41) is 3.47. The Morgan fingerprint density at radius 2 is 2.12 bits per heavy atom. The fourth-order valence-electron chi connectivity index (χ4n) is 4.12. The summed E-state index contributed by atoms with van der Waals surface area (Å²) in [6, 6.07) is 5.73. The van der Waals surface area contributed by atoms with E-state index in [-0.39, 0.29) is 22.7 Å². The number of nitrogens with one attached hydrogen (secondary N) is 1. The fraction of sp³-hybridized carbons (Fsp3) is 0.364. The summed E-state index contributed by atoms with van der Waals surface area (Å²) in [6.45, 7) is 5.57. The average Bonchev–Trinajstić information content (AvgIpc) is 2.78. The Bertz CT molecular complexity index is 1220. The number of hydrogen-bond donors (Lipinski definition) is 1. The molecule has 0 amide bonds. The number of anilines is 2. The van der Waals surface area contributed by atoms with Gasteiger partial charge < -0.3 is 19.7 Å². The minimum Gasteiger partial charge on any atom is -0.473 e. The highest BCUT2D eigenvalue weighted by Crippen LogP contribution is 2.36. The lowest BCUT2D eigenvalue weighted by Gasteiger charge is -2.39. The normalized spacial score (nSPS) is 18.5. The highest BCUT2D eigenvalue weighted by molar-refractivity contribution is 6.29. The summed E-state index contributed by atoms with van der Waals surface area (Å²) >= 11 is 5.95. The van der Waals surface area contributed by atoms with Crippen LogP contribution in [-0.2, 0) is 4.74 Å². The first-order valence-corrected chi connectivity index (χ1v) is 10.7. The minimum absolute atomic E-state index is 0.0701. The maximum atomic E-state index is 14.5. The second kappa shape index (κ2) is 8.14. The van der Waals surface area contributed by atoms with Crippen LogP contribution >= 0.6 is 11.6 Å². The van der Waals surface area contributed by atoms with Gasteiger partial charge in [0.1, 0.15) is 23.3 Å². The number of nitrogens with zero attached hydrogens (tertiary/aromatic N) is 4. The van der Waals surface area contributed by atoms with Gasteiger partial charge in [0.2, 0.25) is 0 Å². The molecule has 0 radical (unpaired) electrons. The topological polar surface area (TPSA) is 89.5 Å². The average molecular weight is 458 g/mol. The maximum absolute atomic E-state index is 14.5. The van der Waals surface area contributed by atoms with Gasteiger partial charge in [0.15, 0.2) is 11.6 Å². The third kappa shape index (κ3) is 3.71. The van der Waals surface area contributed by atoms with Crippen LogP contribution in [0.15, 0.2) is 24.3 Å². The Labute approximate surface area is 188 Å². The number of aromatic nitrogens is 3. The lowest BCUT2D eigenvalue weighted by Crippen LogP contribution is -2.51. The van der Waals surface area contributed by atoms with E-state index in [9.17, 15) is 9.18 Å². The monoisotopic (exact) mass is 457 g/mol. The standard InChI is InChI=1S/C22H21ClFN5O3/c1-11(25-16-3-4-18(23)27-19(16)12(2)30)15-7-13(24)8-17-20(15)28-21-22(26-17)32-10-14-9-31-6-5-29(14)21/h3-4,7-8,11,14,25H,5-6,9-10H2,1-2H3/t11-,14+/m1/s1. The molecule has 0 unspecified atom stereocenters. The van der Waals surface area contributed by atoms with Crippen LogP contribution in [0.3, 0.4) is 0 Å². The van der Waals surface area contributed by atoms with Gasteiger partial charge in [0.05, 0.1) is 42.0 Å². The van der Waals surface area contributed by atoms with Crippen LogP contribution in [0.1, 0.15) is 35.9 Å². The molecular weight excluding hydrogens is 437 g/mol. The molecule has 32 heavy (non-hydrogen) atoms. The number of halogens is 2. The van der Waals surface area contributed by atoms with Gasteiger partial charge in [-0.25, -0.2) is 19.3 Å². The predicted octanol–water partition coefficient (Wildman–Crippen LogP) is 3.79. The van der Waals surface area contributed by atoms with E-state index in [0.29, 0.717) is 60.3 Å². The van der Waals surface area contributed by atoms with E-state index < -0.39 is 11.9 Å².